The smallest absolute Gasteiger partial charge is 0.363 e. The van der Waals surface area contributed by atoms with Crippen molar-refractivity contribution in [2.75, 3.05) is 24.5 Å². The van der Waals surface area contributed by atoms with Crippen molar-refractivity contribution in [3.05, 3.63) is 28.4 Å². The lowest BCUT2D eigenvalue weighted by molar-refractivity contribution is -0.389. The normalized spacial score (nSPS) is 19.1. The topological polar surface area (TPSA) is 71.3 Å². The van der Waals surface area contributed by atoms with Gasteiger partial charge in [-0.3, -0.25) is 0 Å². The number of aromatic nitrogens is 1. The Morgan fingerprint density at radius 2 is 2.29 bits per heavy atom. The zero-order chi connectivity index (χ0) is 12.5. The Kier molecular flexibility index (Phi) is 2.97. The molecule has 17 heavy (non-hydrogen) atoms. The van der Waals surface area contributed by atoms with Crippen LogP contribution >= 0.6 is 0 Å². The Bertz CT molecular complexity index is 416. The van der Waals surface area contributed by atoms with Gasteiger partial charge in [0.25, 0.3) is 0 Å². The van der Waals surface area contributed by atoms with Crippen LogP contribution in [0, 0.1) is 10.1 Å². The molecule has 0 bridgehead atoms. The minimum Gasteiger partial charge on any atom is -0.365 e. The first-order chi connectivity index (χ1) is 7.98. The van der Waals surface area contributed by atoms with Crippen molar-refractivity contribution >= 4 is 11.5 Å². The summed E-state index contributed by atoms with van der Waals surface area (Å²) in [5.74, 6) is -0.108. The molecule has 0 saturated carbocycles. The summed E-state index contributed by atoms with van der Waals surface area (Å²) < 4.78 is 0. The van der Waals surface area contributed by atoms with Crippen molar-refractivity contribution in [1.29, 1.82) is 0 Å². The van der Waals surface area contributed by atoms with Gasteiger partial charge in [-0.05, 0) is 29.8 Å². The highest BCUT2D eigenvalue weighted by Crippen LogP contribution is 2.20. The summed E-state index contributed by atoms with van der Waals surface area (Å²) in [7, 11) is 0. The summed E-state index contributed by atoms with van der Waals surface area (Å²) in [5, 5.41) is 13.9. The zero-order valence-corrected chi connectivity index (χ0v) is 10.0. The first-order valence-electron chi connectivity index (χ1n) is 5.58. The number of hydrogen-bond acceptors (Lipinski definition) is 5. The van der Waals surface area contributed by atoms with Gasteiger partial charge in [0.15, 0.2) is 6.20 Å². The summed E-state index contributed by atoms with van der Waals surface area (Å²) >= 11 is 0. The highest BCUT2D eigenvalue weighted by molar-refractivity contribution is 5.47. The van der Waals surface area contributed by atoms with E-state index in [1.54, 1.807) is 12.3 Å². The Morgan fingerprint density at radius 3 is 2.82 bits per heavy atom. The Hall–Kier alpha value is -1.69. The van der Waals surface area contributed by atoms with E-state index in [1.165, 1.54) is 6.07 Å². The number of hydrogen-bond donors (Lipinski definition) is 1. The predicted molar refractivity (Wildman–Crippen MR) is 65.2 cm³/mol. The quantitative estimate of drug-likeness (QED) is 0.616. The van der Waals surface area contributed by atoms with Gasteiger partial charge in [0, 0.05) is 31.2 Å². The van der Waals surface area contributed by atoms with Crippen LogP contribution in [0.3, 0.4) is 0 Å². The maximum Gasteiger partial charge on any atom is 0.363 e. The van der Waals surface area contributed by atoms with E-state index in [0.29, 0.717) is 0 Å². The third-order valence-electron chi connectivity index (χ3n) is 2.86. The van der Waals surface area contributed by atoms with Gasteiger partial charge < -0.3 is 20.3 Å². The van der Waals surface area contributed by atoms with Gasteiger partial charge in [-0.15, -0.1) is 0 Å². The van der Waals surface area contributed by atoms with Crippen molar-refractivity contribution in [3.63, 3.8) is 0 Å². The molecule has 1 aliphatic rings. The highest BCUT2D eigenvalue weighted by Gasteiger charge is 2.26. The largest absolute Gasteiger partial charge is 0.365 e. The van der Waals surface area contributed by atoms with Crippen LogP contribution in [0.4, 0.5) is 11.5 Å². The molecule has 1 aromatic rings. The molecule has 6 nitrogen and oxygen atoms in total. The lowest BCUT2D eigenvalue weighted by Gasteiger charge is -2.39. The van der Waals surface area contributed by atoms with Crippen molar-refractivity contribution in [3.8, 4) is 0 Å². The average molecular weight is 236 g/mol. The van der Waals surface area contributed by atoms with Crippen molar-refractivity contribution in [2.45, 2.75) is 19.4 Å². The number of piperazine rings is 1. The second-order valence-corrected chi connectivity index (χ2v) is 4.86. The van der Waals surface area contributed by atoms with Gasteiger partial charge in [0.1, 0.15) is 0 Å². The molecule has 0 aromatic carbocycles. The van der Waals surface area contributed by atoms with E-state index in [0.717, 1.165) is 25.3 Å². The van der Waals surface area contributed by atoms with Crippen LogP contribution < -0.4 is 10.2 Å². The van der Waals surface area contributed by atoms with E-state index in [-0.39, 0.29) is 11.4 Å². The molecule has 1 saturated heterocycles. The fraction of sp³-hybridized carbons (Fsp3) is 0.545. The highest BCUT2D eigenvalue weighted by atomic mass is 16.6. The molecule has 1 aliphatic heterocycles. The third kappa shape index (κ3) is 2.71. The van der Waals surface area contributed by atoms with Gasteiger partial charge in [-0.2, -0.15) is 0 Å². The summed E-state index contributed by atoms with van der Waals surface area (Å²) in [6, 6.07) is 3.21. The van der Waals surface area contributed by atoms with Gasteiger partial charge in [0.05, 0.1) is 5.69 Å². The van der Waals surface area contributed by atoms with Crippen LogP contribution in [-0.4, -0.2) is 35.1 Å². The molecule has 0 unspecified atom stereocenters. The van der Waals surface area contributed by atoms with Crippen LogP contribution in [0.5, 0.6) is 0 Å². The molecular formula is C11H16N4O2. The molecule has 0 amide bonds. The minimum atomic E-state index is -0.481. The van der Waals surface area contributed by atoms with Crippen LogP contribution in [0.1, 0.15) is 13.8 Å². The number of nitrogens with one attached hydrogen (secondary N) is 1. The predicted octanol–water partition coefficient (Wildman–Crippen LogP) is 1.18. The second kappa shape index (κ2) is 4.29. The zero-order valence-electron chi connectivity index (χ0n) is 10.0. The summed E-state index contributed by atoms with van der Waals surface area (Å²) in [5.41, 5.74) is 0.991. The molecule has 2 rings (SSSR count). The van der Waals surface area contributed by atoms with Crippen molar-refractivity contribution in [2.24, 2.45) is 0 Å². The van der Waals surface area contributed by atoms with Gasteiger partial charge in [-0.1, -0.05) is 0 Å². The van der Waals surface area contributed by atoms with Crippen LogP contribution in [0.2, 0.25) is 0 Å². The number of pyridine rings is 1. The Morgan fingerprint density at radius 1 is 1.53 bits per heavy atom. The minimum absolute atomic E-state index is 0.0556. The second-order valence-electron chi connectivity index (χ2n) is 4.86. The lowest BCUT2D eigenvalue weighted by Crippen LogP contribution is -2.57. The number of rotatable bonds is 2. The van der Waals surface area contributed by atoms with E-state index < -0.39 is 4.92 Å². The van der Waals surface area contributed by atoms with Crippen LogP contribution in [0.25, 0.3) is 0 Å². The fourth-order valence-electron chi connectivity index (χ4n) is 2.04. The molecule has 1 aromatic heterocycles. The Balaban J connectivity index is 2.14. The van der Waals surface area contributed by atoms with E-state index in [4.69, 9.17) is 0 Å². The van der Waals surface area contributed by atoms with Gasteiger partial charge in [0.2, 0.25) is 0 Å². The summed E-state index contributed by atoms with van der Waals surface area (Å²) in [6.07, 6.45) is 1.57. The standard InChI is InChI=1S/C11H16N4O2/c1-11(2)8-14(6-5-13-11)9-3-4-10(12-7-9)15(16)17/h3-4,7,13H,5-6,8H2,1-2H3. The molecule has 0 radical (unpaired) electrons. The van der Waals surface area contributed by atoms with Gasteiger partial charge in [-0.25, -0.2) is 0 Å². The molecule has 1 N–H and O–H groups in total. The maximum atomic E-state index is 10.5. The molecule has 2 heterocycles. The SMILES string of the molecule is CC1(C)CN(c2ccc([N+](=O)[O-])nc2)CCN1. The average Bonchev–Trinajstić information content (AvgIpc) is 2.28. The van der Waals surface area contributed by atoms with E-state index >= 15 is 0 Å². The van der Waals surface area contributed by atoms with Crippen LogP contribution in [0.15, 0.2) is 18.3 Å². The first kappa shape index (κ1) is 11.8. The summed E-state index contributed by atoms with van der Waals surface area (Å²) in [6.45, 7) is 6.94. The van der Waals surface area contributed by atoms with Crippen LogP contribution in [-0.2, 0) is 0 Å². The van der Waals surface area contributed by atoms with E-state index in [9.17, 15) is 10.1 Å². The maximum absolute atomic E-state index is 10.5. The molecule has 92 valence electrons. The number of anilines is 1. The van der Waals surface area contributed by atoms with Gasteiger partial charge >= 0.3 is 5.82 Å². The molecule has 1 fully saturated rings. The lowest BCUT2D eigenvalue weighted by atomic mass is 10.0. The molecule has 6 heteroatoms. The molecule has 0 atom stereocenters. The summed E-state index contributed by atoms with van der Waals surface area (Å²) in [4.78, 5) is 16.1. The first-order valence-corrected chi connectivity index (χ1v) is 5.58. The molecular weight excluding hydrogens is 220 g/mol. The Labute approximate surface area is 99.8 Å². The van der Waals surface area contributed by atoms with E-state index in [2.05, 4.69) is 29.0 Å². The third-order valence-corrected chi connectivity index (χ3v) is 2.86. The number of nitrogens with zero attached hydrogens (tertiary/aromatic N) is 3. The number of nitro groups is 1. The van der Waals surface area contributed by atoms with Crippen molar-refractivity contribution < 1.29 is 4.92 Å². The fourth-order valence-corrected chi connectivity index (χ4v) is 2.04. The molecule has 0 aliphatic carbocycles. The van der Waals surface area contributed by atoms with E-state index in [1.807, 2.05) is 0 Å². The molecule has 0 spiro atoms. The van der Waals surface area contributed by atoms with Crippen molar-refractivity contribution in [1.82, 2.24) is 10.3 Å². The monoisotopic (exact) mass is 236 g/mol.